The van der Waals surface area contributed by atoms with Crippen molar-refractivity contribution >= 4 is 39.1 Å². The molecule has 0 radical (unpaired) electrons. The number of nitrogens with one attached hydrogen (secondary N) is 1. The summed E-state index contributed by atoms with van der Waals surface area (Å²) in [6.45, 7) is 7.02. The van der Waals surface area contributed by atoms with Crippen LogP contribution in [0.15, 0.2) is 11.4 Å². The Labute approximate surface area is 140 Å². The van der Waals surface area contributed by atoms with Crippen LogP contribution >= 0.6 is 23.1 Å². The fourth-order valence-electron chi connectivity index (χ4n) is 2.86. The van der Waals surface area contributed by atoms with Crippen LogP contribution in [-0.4, -0.2) is 40.2 Å². The first-order chi connectivity index (χ1) is 10.8. The van der Waals surface area contributed by atoms with Gasteiger partial charge in [0.05, 0.1) is 5.39 Å². The van der Waals surface area contributed by atoms with Crippen LogP contribution in [-0.2, 0) is 11.2 Å². The minimum atomic E-state index is 0.271. The van der Waals surface area contributed by atoms with E-state index in [-0.39, 0.29) is 4.75 Å². The van der Waals surface area contributed by atoms with Crippen molar-refractivity contribution in [2.24, 2.45) is 0 Å². The molecule has 2 aromatic rings. The lowest BCUT2D eigenvalue weighted by Crippen LogP contribution is -2.40. The number of hydrogen-bond donors (Lipinski definition) is 1. The zero-order chi connectivity index (χ0) is 15.4. The maximum absolute atomic E-state index is 5.55. The molecule has 1 saturated heterocycles. The molecule has 2 aromatic heterocycles. The number of fused-ring (bicyclic) bond motifs is 1. The molecule has 6 heteroatoms. The summed E-state index contributed by atoms with van der Waals surface area (Å²) in [5.41, 5.74) is 0. The average molecular weight is 338 g/mol. The van der Waals surface area contributed by atoms with E-state index in [0.717, 1.165) is 66.6 Å². The first-order valence-electron chi connectivity index (χ1n) is 7.96. The standard InChI is InChI=1S/C16H23N3OS2/c1-3-13-18-14(12-5-10-21-15(12)19-13)17-11-16(22-4-2)6-8-20-9-7-16/h5,10H,3-4,6-9,11H2,1-2H3,(H,17,18,19). The summed E-state index contributed by atoms with van der Waals surface area (Å²) in [7, 11) is 0. The Kier molecular flexibility index (Phi) is 5.21. The van der Waals surface area contributed by atoms with Crippen molar-refractivity contribution < 1.29 is 4.74 Å². The van der Waals surface area contributed by atoms with E-state index in [1.807, 2.05) is 0 Å². The van der Waals surface area contributed by atoms with Crippen LogP contribution in [0.2, 0.25) is 0 Å². The number of thiophene rings is 1. The molecule has 0 amide bonds. The molecule has 4 nitrogen and oxygen atoms in total. The summed E-state index contributed by atoms with van der Waals surface area (Å²) in [5, 5.41) is 6.86. The van der Waals surface area contributed by atoms with E-state index < -0.39 is 0 Å². The molecule has 3 rings (SSSR count). The molecule has 0 spiro atoms. The van der Waals surface area contributed by atoms with Gasteiger partial charge in [-0.25, -0.2) is 9.97 Å². The molecule has 0 aliphatic carbocycles. The molecule has 120 valence electrons. The van der Waals surface area contributed by atoms with Gasteiger partial charge in [-0.15, -0.1) is 11.3 Å². The molecule has 1 aliphatic rings. The molecule has 0 bridgehead atoms. The van der Waals surface area contributed by atoms with Crippen molar-refractivity contribution in [1.29, 1.82) is 0 Å². The Morgan fingerprint density at radius 1 is 1.32 bits per heavy atom. The van der Waals surface area contributed by atoms with Gasteiger partial charge in [0, 0.05) is 30.9 Å². The van der Waals surface area contributed by atoms with E-state index >= 15 is 0 Å². The second-order valence-electron chi connectivity index (χ2n) is 5.56. The monoisotopic (exact) mass is 337 g/mol. The quantitative estimate of drug-likeness (QED) is 0.864. The van der Waals surface area contributed by atoms with E-state index in [0.29, 0.717) is 0 Å². The molecule has 1 fully saturated rings. The summed E-state index contributed by atoms with van der Waals surface area (Å²) < 4.78 is 5.82. The van der Waals surface area contributed by atoms with E-state index in [1.54, 1.807) is 11.3 Å². The third-order valence-electron chi connectivity index (χ3n) is 4.12. The number of rotatable bonds is 6. The largest absolute Gasteiger partial charge is 0.381 e. The van der Waals surface area contributed by atoms with Crippen molar-refractivity contribution in [3.8, 4) is 0 Å². The zero-order valence-electron chi connectivity index (χ0n) is 13.2. The Balaban J connectivity index is 1.81. The Bertz CT molecular complexity index is 617. The van der Waals surface area contributed by atoms with Gasteiger partial charge in [-0.1, -0.05) is 13.8 Å². The van der Waals surface area contributed by atoms with Gasteiger partial charge in [0.15, 0.2) is 0 Å². The van der Waals surface area contributed by atoms with Gasteiger partial charge in [0.25, 0.3) is 0 Å². The minimum Gasteiger partial charge on any atom is -0.381 e. The molecule has 3 heterocycles. The highest BCUT2D eigenvalue weighted by Gasteiger charge is 2.32. The zero-order valence-corrected chi connectivity index (χ0v) is 14.9. The van der Waals surface area contributed by atoms with Crippen molar-refractivity contribution in [1.82, 2.24) is 9.97 Å². The molecular formula is C16H23N3OS2. The van der Waals surface area contributed by atoms with E-state index in [4.69, 9.17) is 9.72 Å². The highest BCUT2D eigenvalue weighted by molar-refractivity contribution is 8.00. The summed E-state index contributed by atoms with van der Waals surface area (Å²) in [6.07, 6.45) is 3.08. The Morgan fingerprint density at radius 3 is 2.86 bits per heavy atom. The van der Waals surface area contributed by atoms with Crippen molar-refractivity contribution in [2.75, 3.05) is 30.8 Å². The molecule has 0 unspecified atom stereocenters. The van der Waals surface area contributed by atoms with Crippen LogP contribution in [0, 0.1) is 0 Å². The Hall–Kier alpha value is -0.850. The molecule has 1 N–H and O–H groups in total. The average Bonchev–Trinajstić information content (AvgIpc) is 3.02. The van der Waals surface area contributed by atoms with Gasteiger partial charge in [0.1, 0.15) is 16.5 Å². The van der Waals surface area contributed by atoms with Crippen LogP contribution in [0.1, 0.15) is 32.5 Å². The fourth-order valence-corrected chi connectivity index (χ4v) is 4.88. The summed E-state index contributed by atoms with van der Waals surface area (Å²) in [4.78, 5) is 10.4. The third kappa shape index (κ3) is 3.39. The number of thioether (sulfide) groups is 1. The summed E-state index contributed by atoms with van der Waals surface area (Å²) >= 11 is 3.74. The second kappa shape index (κ2) is 7.15. The molecule has 0 atom stereocenters. The summed E-state index contributed by atoms with van der Waals surface area (Å²) in [5.74, 6) is 3.05. The lowest BCUT2D eigenvalue weighted by atomic mass is 9.99. The van der Waals surface area contributed by atoms with Gasteiger partial charge in [-0.3, -0.25) is 0 Å². The maximum atomic E-state index is 5.55. The van der Waals surface area contributed by atoms with E-state index in [2.05, 4.69) is 47.4 Å². The van der Waals surface area contributed by atoms with Crippen molar-refractivity contribution in [2.45, 2.75) is 37.9 Å². The maximum Gasteiger partial charge on any atom is 0.138 e. The van der Waals surface area contributed by atoms with E-state index in [1.165, 1.54) is 0 Å². The highest BCUT2D eigenvalue weighted by atomic mass is 32.2. The normalized spacial score (nSPS) is 17.7. The number of anilines is 1. The number of hydrogen-bond acceptors (Lipinski definition) is 6. The first kappa shape index (κ1) is 16.0. The van der Waals surface area contributed by atoms with Crippen LogP contribution < -0.4 is 5.32 Å². The minimum absolute atomic E-state index is 0.271. The lowest BCUT2D eigenvalue weighted by Gasteiger charge is -2.36. The fraction of sp³-hybridized carbons (Fsp3) is 0.625. The summed E-state index contributed by atoms with van der Waals surface area (Å²) in [6, 6.07) is 2.12. The molecule has 0 saturated carbocycles. The molecule has 22 heavy (non-hydrogen) atoms. The van der Waals surface area contributed by atoms with Crippen LogP contribution in [0.3, 0.4) is 0 Å². The van der Waals surface area contributed by atoms with Gasteiger partial charge < -0.3 is 10.1 Å². The number of ether oxygens (including phenoxy) is 1. The van der Waals surface area contributed by atoms with Crippen molar-refractivity contribution in [3.05, 3.63) is 17.3 Å². The number of nitrogens with zero attached hydrogens (tertiary/aromatic N) is 2. The van der Waals surface area contributed by atoms with Crippen LogP contribution in [0.5, 0.6) is 0 Å². The van der Waals surface area contributed by atoms with Gasteiger partial charge in [-0.05, 0) is 30.0 Å². The van der Waals surface area contributed by atoms with Gasteiger partial charge >= 0.3 is 0 Å². The van der Waals surface area contributed by atoms with Gasteiger partial charge in [-0.2, -0.15) is 11.8 Å². The first-order valence-corrected chi connectivity index (χ1v) is 9.82. The van der Waals surface area contributed by atoms with Crippen LogP contribution in [0.25, 0.3) is 10.2 Å². The molecule has 0 aromatic carbocycles. The van der Waals surface area contributed by atoms with Crippen LogP contribution in [0.4, 0.5) is 5.82 Å². The number of aromatic nitrogens is 2. The molecule has 1 aliphatic heterocycles. The number of aryl methyl sites for hydroxylation is 1. The van der Waals surface area contributed by atoms with E-state index in [9.17, 15) is 0 Å². The smallest absolute Gasteiger partial charge is 0.138 e. The predicted octanol–water partition coefficient (Wildman–Crippen LogP) is 3.97. The van der Waals surface area contributed by atoms with Crippen molar-refractivity contribution in [3.63, 3.8) is 0 Å². The Morgan fingerprint density at radius 2 is 2.14 bits per heavy atom. The molecular weight excluding hydrogens is 314 g/mol. The highest BCUT2D eigenvalue weighted by Crippen LogP contribution is 2.36. The topological polar surface area (TPSA) is 47.0 Å². The lowest BCUT2D eigenvalue weighted by molar-refractivity contribution is 0.0801. The predicted molar refractivity (Wildman–Crippen MR) is 96.2 cm³/mol. The second-order valence-corrected chi connectivity index (χ2v) is 8.19. The third-order valence-corrected chi connectivity index (χ3v) is 6.38. The SMILES string of the molecule is CCSC1(CNc2nc(CC)nc3sccc23)CCOCC1. The van der Waals surface area contributed by atoms with Gasteiger partial charge in [0.2, 0.25) is 0 Å².